The number of carboxylic acids is 1. The molecule has 2 aliphatic rings. The highest BCUT2D eigenvalue weighted by atomic mass is 16.4. The average molecular weight is 303 g/mol. The third-order valence-electron chi connectivity index (χ3n) is 4.77. The van der Waals surface area contributed by atoms with E-state index in [-0.39, 0.29) is 11.9 Å². The second-order valence-electron chi connectivity index (χ2n) is 6.23. The van der Waals surface area contributed by atoms with Crippen molar-refractivity contribution in [3.63, 3.8) is 0 Å². The number of hydrogen-bond donors (Lipinski definition) is 1. The number of likely N-dealkylation sites (tertiary alicyclic amines) is 1. The topological polar surface area (TPSA) is 75.4 Å². The van der Waals surface area contributed by atoms with E-state index in [1.165, 1.54) is 6.08 Å². The van der Waals surface area contributed by atoms with E-state index in [2.05, 4.69) is 5.10 Å². The minimum Gasteiger partial charge on any atom is -0.480 e. The van der Waals surface area contributed by atoms with Crippen molar-refractivity contribution in [2.45, 2.75) is 44.2 Å². The zero-order valence-electron chi connectivity index (χ0n) is 12.7. The molecule has 0 bridgehead atoms. The van der Waals surface area contributed by atoms with Crippen molar-refractivity contribution in [2.24, 2.45) is 13.0 Å². The molecule has 1 aliphatic carbocycles. The SMILES string of the molecule is Cn1cc(/C=C\C(=O)N2C(C(=O)O)CC3CCCCC32)cn1. The Kier molecular flexibility index (Phi) is 4.00. The van der Waals surface area contributed by atoms with Crippen LogP contribution in [0, 0.1) is 5.92 Å². The summed E-state index contributed by atoms with van der Waals surface area (Å²) < 4.78 is 1.66. The number of fused-ring (bicyclic) bond motifs is 1. The smallest absolute Gasteiger partial charge is 0.326 e. The number of aliphatic carboxylic acids is 1. The molecule has 1 aromatic heterocycles. The third-order valence-corrected chi connectivity index (χ3v) is 4.77. The number of carboxylic acid groups (broad SMARTS) is 1. The van der Waals surface area contributed by atoms with E-state index in [0.717, 1.165) is 31.2 Å². The number of rotatable bonds is 3. The molecule has 1 saturated heterocycles. The Morgan fingerprint density at radius 3 is 2.82 bits per heavy atom. The summed E-state index contributed by atoms with van der Waals surface area (Å²) in [7, 11) is 1.81. The second kappa shape index (κ2) is 5.94. The van der Waals surface area contributed by atoms with Gasteiger partial charge in [-0.1, -0.05) is 12.8 Å². The number of aromatic nitrogens is 2. The van der Waals surface area contributed by atoms with E-state index < -0.39 is 12.0 Å². The molecule has 6 heteroatoms. The van der Waals surface area contributed by atoms with Gasteiger partial charge >= 0.3 is 5.97 Å². The van der Waals surface area contributed by atoms with E-state index >= 15 is 0 Å². The van der Waals surface area contributed by atoms with Gasteiger partial charge in [-0.15, -0.1) is 0 Å². The summed E-state index contributed by atoms with van der Waals surface area (Å²) in [4.78, 5) is 25.6. The Hall–Kier alpha value is -2.11. The Balaban J connectivity index is 1.78. The lowest BCUT2D eigenvalue weighted by Crippen LogP contribution is -2.45. The molecule has 1 amide bonds. The lowest BCUT2D eigenvalue weighted by atomic mass is 9.85. The zero-order chi connectivity index (χ0) is 15.7. The van der Waals surface area contributed by atoms with Gasteiger partial charge in [0, 0.05) is 30.9 Å². The highest BCUT2D eigenvalue weighted by molar-refractivity contribution is 5.95. The Bertz CT molecular complexity index is 608. The lowest BCUT2D eigenvalue weighted by Gasteiger charge is -2.32. The highest BCUT2D eigenvalue weighted by Gasteiger charge is 2.46. The summed E-state index contributed by atoms with van der Waals surface area (Å²) in [5.41, 5.74) is 0.835. The summed E-state index contributed by atoms with van der Waals surface area (Å²) in [5, 5.41) is 13.5. The van der Waals surface area contributed by atoms with Crippen LogP contribution in [0.5, 0.6) is 0 Å². The van der Waals surface area contributed by atoms with Crippen LogP contribution in [0.25, 0.3) is 6.08 Å². The number of aryl methyl sites for hydroxylation is 1. The van der Waals surface area contributed by atoms with Crippen molar-refractivity contribution < 1.29 is 14.7 Å². The van der Waals surface area contributed by atoms with Crippen LogP contribution in [-0.4, -0.2) is 43.7 Å². The normalized spacial score (nSPS) is 28.0. The van der Waals surface area contributed by atoms with Crippen LogP contribution in [0.3, 0.4) is 0 Å². The van der Waals surface area contributed by atoms with Gasteiger partial charge in [-0.25, -0.2) is 4.79 Å². The summed E-state index contributed by atoms with van der Waals surface area (Å²) in [6.07, 6.45) is 11.4. The Morgan fingerprint density at radius 1 is 1.36 bits per heavy atom. The molecule has 6 nitrogen and oxygen atoms in total. The first-order chi connectivity index (χ1) is 10.6. The molecular formula is C16H21N3O3. The predicted molar refractivity (Wildman–Crippen MR) is 80.9 cm³/mol. The van der Waals surface area contributed by atoms with Gasteiger partial charge in [-0.2, -0.15) is 5.10 Å². The van der Waals surface area contributed by atoms with Crippen LogP contribution in [-0.2, 0) is 16.6 Å². The molecule has 22 heavy (non-hydrogen) atoms. The minimum atomic E-state index is -0.891. The molecule has 1 N–H and O–H groups in total. The van der Waals surface area contributed by atoms with Crippen LogP contribution in [0.1, 0.15) is 37.7 Å². The minimum absolute atomic E-state index is 0.0842. The quantitative estimate of drug-likeness (QED) is 0.862. The summed E-state index contributed by atoms with van der Waals surface area (Å²) in [6, 6.07) is -0.597. The second-order valence-corrected chi connectivity index (χ2v) is 6.23. The van der Waals surface area contributed by atoms with Gasteiger partial charge in [0.2, 0.25) is 5.91 Å². The van der Waals surface area contributed by atoms with Crippen LogP contribution in [0.15, 0.2) is 18.5 Å². The van der Waals surface area contributed by atoms with Gasteiger partial charge in [0.25, 0.3) is 0 Å². The van der Waals surface area contributed by atoms with Crippen molar-refractivity contribution in [1.82, 2.24) is 14.7 Å². The van der Waals surface area contributed by atoms with Crippen molar-refractivity contribution >= 4 is 18.0 Å². The number of nitrogens with zero attached hydrogens (tertiary/aromatic N) is 3. The van der Waals surface area contributed by atoms with Gasteiger partial charge in [-0.05, 0) is 31.3 Å². The molecule has 0 radical (unpaired) electrons. The maximum Gasteiger partial charge on any atom is 0.326 e. The van der Waals surface area contributed by atoms with Gasteiger partial charge < -0.3 is 10.0 Å². The van der Waals surface area contributed by atoms with Crippen molar-refractivity contribution in [1.29, 1.82) is 0 Å². The van der Waals surface area contributed by atoms with Crippen LogP contribution in [0.2, 0.25) is 0 Å². The largest absolute Gasteiger partial charge is 0.480 e. The van der Waals surface area contributed by atoms with Crippen molar-refractivity contribution in [3.8, 4) is 0 Å². The summed E-state index contributed by atoms with van der Waals surface area (Å²) >= 11 is 0. The Labute approximate surface area is 129 Å². The maximum absolute atomic E-state index is 12.5. The number of hydrogen-bond acceptors (Lipinski definition) is 3. The monoisotopic (exact) mass is 303 g/mol. The van der Waals surface area contributed by atoms with Gasteiger partial charge in [0.15, 0.2) is 0 Å². The molecule has 2 fully saturated rings. The van der Waals surface area contributed by atoms with Gasteiger partial charge in [-0.3, -0.25) is 9.48 Å². The molecule has 1 aliphatic heterocycles. The molecule has 3 unspecified atom stereocenters. The maximum atomic E-state index is 12.5. The van der Waals surface area contributed by atoms with E-state index in [4.69, 9.17) is 0 Å². The molecule has 2 heterocycles. The van der Waals surface area contributed by atoms with E-state index in [1.54, 1.807) is 21.9 Å². The molecular weight excluding hydrogens is 282 g/mol. The summed E-state index contributed by atoms with van der Waals surface area (Å²) in [5.74, 6) is -0.756. The first-order valence-corrected chi connectivity index (χ1v) is 7.78. The van der Waals surface area contributed by atoms with E-state index in [1.807, 2.05) is 13.2 Å². The van der Waals surface area contributed by atoms with E-state index in [0.29, 0.717) is 12.3 Å². The average Bonchev–Trinajstić information content (AvgIpc) is 3.08. The standard InChI is InChI=1S/C16H21N3O3/c1-18-10-11(9-17-18)6-7-15(20)19-13-5-3-2-4-12(13)8-14(19)16(21)22/h6-7,9-10,12-14H,2-5,8H2,1H3,(H,21,22)/b7-6-. The molecule has 1 aromatic rings. The zero-order valence-corrected chi connectivity index (χ0v) is 12.7. The van der Waals surface area contributed by atoms with Gasteiger partial charge in [0.1, 0.15) is 6.04 Å². The predicted octanol–water partition coefficient (Wildman–Crippen LogP) is 1.68. The first kappa shape index (κ1) is 14.8. The first-order valence-electron chi connectivity index (χ1n) is 7.78. The fourth-order valence-electron chi connectivity index (χ4n) is 3.78. The lowest BCUT2D eigenvalue weighted by molar-refractivity contribution is -0.147. The van der Waals surface area contributed by atoms with Crippen molar-refractivity contribution in [2.75, 3.05) is 0 Å². The molecule has 1 saturated carbocycles. The molecule has 3 rings (SSSR count). The van der Waals surface area contributed by atoms with Crippen LogP contribution in [0.4, 0.5) is 0 Å². The fourth-order valence-corrected chi connectivity index (χ4v) is 3.78. The number of amides is 1. The summed E-state index contributed by atoms with van der Waals surface area (Å²) in [6.45, 7) is 0. The van der Waals surface area contributed by atoms with Crippen LogP contribution < -0.4 is 0 Å². The molecule has 3 atom stereocenters. The number of carbonyl (C=O) groups is 2. The molecule has 0 spiro atoms. The Morgan fingerprint density at radius 2 is 2.14 bits per heavy atom. The van der Waals surface area contributed by atoms with E-state index in [9.17, 15) is 14.7 Å². The van der Waals surface area contributed by atoms with Gasteiger partial charge in [0.05, 0.1) is 6.20 Å². The molecule has 118 valence electrons. The molecule has 0 aromatic carbocycles. The highest BCUT2D eigenvalue weighted by Crippen LogP contribution is 2.39. The van der Waals surface area contributed by atoms with Crippen molar-refractivity contribution in [3.05, 3.63) is 24.0 Å². The van der Waals surface area contributed by atoms with Crippen LogP contribution >= 0.6 is 0 Å². The third kappa shape index (κ3) is 2.77. The number of carbonyl (C=O) groups excluding carboxylic acids is 1. The fraction of sp³-hybridized carbons (Fsp3) is 0.562.